The van der Waals surface area contributed by atoms with Crippen LogP contribution in [0.1, 0.15) is 22.8 Å². The molecule has 0 saturated heterocycles. The normalized spacial score (nSPS) is 12.0. The molecule has 7 nitrogen and oxygen atoms in total. The van der Waals surface area contributed by atoms with Gasteiger partial charge in [-0.3, -0.25) is 4.79 Å². The second-order valence-electron chi connectivity index (χ2n) is 7.65. The smallest absolute Gasteiger partial charge is 0.243 e. The van der Waals surface area contributed by atoms with Crippen LogP contribution in [0.4, 0.5) is 5.95 Å². The van der Waals surface area contributed by atoms with Crippen LogP contribution in [0, 0.1) is 13.8 Å². The Morgan fingerprint density at radius 1 is 0.968 bits per heavy atom. The summed E-state index contributed by atoms with van der Waals surface area (Å²) in [5.41, 5.74) is 4.72. The Bertz CT molecular complexity index is 1180. The number of imidazole rings is 1. The van der Waals surface area contributed by atoms with E-state index in [-0.39, 0.29) is 5.91 Å². The summed E-state index contributed by atoms with van der Waals surface area (Å²) in [4.78, 5) is 26.7. The summed E-state index contributed by atoms with van der Waals surface area (Å²) in [6.07, 6.45) is 0.519. The first-order valence-electron chi connectivity index (χ1n) is 10.3. The third-order valence-corrected chi connectivity index (χ3v) is 5.19. The quantitative estimate of drug-likeness (QED) is 0.485. The second-order valence-corrected chi connectivity index (χ2v) is 7.65. The van der Waals surface area contributed by atoms with Gasteiger partial charge in [0.1, 0.15) is 11.9 Å². The van der Waals surface area contributed by atoms with Crippen LogP contribution < -0.4 is 10.6 Å². The highest BCUT2D eigenvalue weighted by Gasteiger charge is 2.21. The average molecular weight is 415 g/mol. The first kappa shape index (κ1) is 20.5. The molecule has 1 atom stereocenters. The van der Waals surface area contributed by atoms with Gasteiger partial charge in [0.2, 0.25) is 11.9 Å². The molecule has 4 rings (SSSR count). The molecule has 31 heavy (non-hydrogen) atoms. The third kappa shape index (κ3) is 4.88. The Hall–Kier alpha value is -3.74. The van der Waals surface area contributed by atoms with Gasteiger partial charge in [0, 0.05) is 24.9 Å². The van der Waals surface area contributed by atoms with Crippen molar-refractivity contribution in [3.63, 3.8) is 0 Å². The minimum Gasteiger partial charge on any atom is -0.347 e. The van der Waals surface area contributed by atoms with E-state index in [1.807, 2.05) is 86.1 Å². The molecule has 1 amide bonds. The number of fused-ring (bicyclic) bond motifs is 1. The summed E-state index contributed by atoms with van der Waals surface area (Å²) in [5, 5.41) is 6.26. The molecule has 2 aromatic heterocycles. The van der Waals surface area contributed by atoms with Crippen molar-refractivity contribution in [3.8, 4) is 0 Å². The van der Waals surface area contributed by atoms with Crippen molar-refractivity contribution >= 4 is 22.9 Å². The highest BCUT2D eigenvalue weighted by Crippen LogP contribution is 2.14. The van der Waals surface area contributed by atoms with Crippen LogP contribution in [0.2, 0.25) is 0 Å². The standard InChI is InChI=1S/C24H26N6O/c1-16-13-17(2)27-24(26-16)29-20(14-18-9-5-4-6-10-18)23(31)25-15-22-28-19-11-7-8-12-21(19)30(22)3/h4-13,20H,14-15H2,1-3H3,(H,25,31)(H,26,27,29)/t20-/m0/s1. The van der Waals surface area contributed by atoms with Crippen molar-refractivity contribution in [1.29, 1.82) is 0 Å². The lowest BCUT2D eigenvalue weighted by Crippen LogP contribution is -2.41. The van der Waals surface area contributed by atoms with E-state index < -0.39 is 6.04 Å². The number of para-hydroxylation sites is 2. The van der Waals surface area contributed by atoms with E-state index in [2.05, 4.69) is 25.6 Å². The predicted molar refractivity (Wildman–Crippen MR) is 122 cm³/mol. The van der Waals surface area contributed by atoms with Gasteiger partial charge >= 0.3 is 0 Å². The van der Waals surface area contributed by atoms with E-state index >= 15 is 0 Å². The van der Waals surface area contributed by atoms with Gasteiger partial charge in [0.15, 0.2) is 0 Å². The molecular weight excluding hydrogens is 388 g/mol. The first-order chi connectivity index (χ1) is 15.0. The molecule has 7 heteroatoms. The highest BCUT2D eigenvalue weighted by atomic mass is 16.2. The zero-order valence-electron chi connectivity index (χ0n) is 18.0. The van der Waals surface area contributed by atoms with E-state index in [4.69, 9.17) is 0 Å². The molecular formula is C24H26N6O. The van der Waals surface area contributed by atoms with Crippen molar-refractivity contribution in [2.45, 2.75) is 32.9 Å². The van der Waals surface area contributed by atoms with Crippen LogP contribution in [0.5, 0.6) is 0 Å². The Morgan fingerprint density at radius 3 is 2.35 bits per heavy atom. The number of nitrogens with one attached hydrogen (secondary N) is 2. The van der Waals surface area contributed by atoms with Crippen LogP contribution in [-0.2, 0) is 24.8 Å². The molecule has 2 heterocycles. The molecule has 4 aromatic rings. The molecule has 0 aliphatic heterocycles. The molecule has 2 N–H and O–H groups in total. The number of carbonyl (C=O) groups excluding carboxylic acids is 1. The van der Waals surface area contributed by atoms with Gasteiger partial charge in [-0.25, -0.2) is 15.0 Å². The average Bonchev–Trinajstić information content (AvgIpc) is 3.07. The van der Waals surface area contributed by atoms with E-state index in [0.717, 1.165) is 33.8 Å². The number of aromatic nitrogens is 4. The number of nitrogens with zero attached hydrogens (tertiary/aromatic N) is 4. The summed E-state index contributed by atoms with van der Waals surface area (Å²) in [6, 6.07) is 19.2. The van der Waals surface area contributed by atoms with E-state index in [9.17, 15) is 4.79 Å². The third-order valence-electron chi connectivity index (χ3n) is 5.19. The molecule has 0 bridgehead atoms. The van der Waals surface area contributed by atoms with Crippen LogP contribution in [0.25, 0.3) is 11.0 Å². The number of amides is 1. The minimum absolute atomic E-state index is 0.126. The number of carbonyl (C=O) groups is 1. The van der Waals surface area contributed by atoms with Crippen molar-refractivity contribution in [1.82, 2.24) is 24.8 Å². The van der Waals surface area contributed by atoms with Crippen molar-refractivity contribution in [2.75, 3.05) is 5.32 Å². The molecule has 0 aliphatic rings. The zero-order chi connectivity index (χ0) is 21.8. The number of rotatable bonds is 7. The molecule has 2 aromatic carbocycles. The monoisotopic (exact) mass is 414 g/mol. The van der Waals surface area contributed by atoms with Crippen LogP contribution in [0.15, 0.2) is 60.7 Å². The lowest BCUT2D eigenvalue weighted by Gasteiger charge is -2.19. The Labute approximate surface area is 181 Å². The Kier molecular flexibility index (Phi) is 5.93. The summed E-state index contributed by atoms with van der Waals surface area (Å²) in [5.74, 6) is 1.13. The predicted octanol–water partition coefficient (Wildman–Crippen LogP) is 3.32. The molecule has 0 aliphatic carbocycles. The summed E-state index contributed by atoms with van der Waals surface area (Å²) >= 11 is 0. The fourth-order valence-corrected chi connectivity index (χ4v) is 3.65. The van der Waals surface area contributed by atoms with Gasteiger partial charge in [-0.2, -0.15) is 0 Å². The molecule has 0 fully saturated rings. The minimum atomic E-state index is -0.515. The zero-order valence-corrected chi connectivity index (χ0v) is 18.0. The Morgan fingerprint density at radius 2 is 1.65 bits per heavy atom. The fourth-order valence-electron chi connectivity index (χ4n) is 3.65. The first-order valence-corrected chi connectivity index (χ1v) is 10.3. The van der Waals surface area contributed by atoms with Gasteiger partial charge in [0.25, 0.3) is 0 Å². The van der Waals surface area contributed by atoms with E-state index in [1.165, 1.54) is 0 Å². The maximum absolute atomic E-state index is 13.2. The number of anilines is 1. The summed E-state index contributed by atoms with van der Waals surface area (Å²) in [7, 11) is 1.96. The maximum Gasteiger partial charge on any atom is 0.243 e. The number of aryl methyl sites for hydroxylation is 3. The maximum atomic E-state index is 13.2. The van der Waals surface area contributed by atoms with E-state index in [0.29, 0.717) is 18.9 Å². The summed E-state index contributed by atoms with van der Waals surface area (Å²) < 4.78 is 2.00. The van der Waals surface area contributed by atoms with Crippen LogP contribution in [-0.4, -0.2) is 31.5 Å². The van der Waals surface area contributed by atoms with Gasteiger partial charge in [-0.1, -0.05) is 42.5 Å². The van der Waals surface area contributed by atoms with E-state index in [1.54, 1.807) is 0 Å². The number of hydrogen-bond acceptors (Lipinski definition) is 5. The van der Waals surface area contributed by atoms with Gasteiger partial charge in [-0.05, 0) is 37.6 Å². The fraction of sp³-hybridized carbons (Fsp3) is 0.250. The van der Waals surface area contributed by atoms with Crippen LogP contribution in [0.3, 0.4) is 0 Å². The van der Waals surface area contributed by atoms with Gasteiger partial charge in [-0.15, -0.1) is 0 Å². The summed E-state index contributed by atoms with van der Waals surface area (Å²) in [6.45, 7) is 4.17. The van der Waals surface area contributed by atoms with Crippen molar-refractivity contribution < 1.29 is 4.79 Å². The van der Waals surface area contributed by atoms with Gasteiger partial charge in [0.05, 0.1) is 17.6 Å². The molecule has 158 valence electrons. The number of benzene rings is 2. The van der Waals surface area contributed by atoms with Crippen molar-refractivity contribution in [3.05, 3.63) is 83.4 Å². The number of hydrogen-bond donors (Lipinski definition) is 2. The van der Waals surface area contributed by atoms with Gasteiger partial charge < -0.3 is 15.2 Å². The van der Waals surface area contributed by atoms with Crippen LogP contribution >= 0.6 is 0 Å². The second kappa shape index (κ2) is 8.95. The van der Waals surface area contributed by atoms with Crippen molar-refractivity contribution in [2.24, 2.45) is 7.05 Å². The topological polar surface area (TPSA) is 84.7 Å². The Balaban J connectivity index is 1.53. The lowest BCUT2D eigenvalue weighted by atomic mass is 10.1. The molecule has 0 unspecified atom stereocenters. The lowest BCUT2D eigenvalue weighted by molar-refractivity contribution is -0.122. The largest absolute Gasteiger partial charge is 0.347 e. The molecule has 0 spiro atoms. The molecule has 0 saturated carbocycles. The SMILES string of the molecule is Cc1cc(C)nc(N[C@@H](Cc2ccccc2)C(=O)NCc2nc3ccccc3n2C)n1. The highest BCUT2D eigenvalue weighted by molar-refractivity contribution is 5.84. The molecule has 0 radical (unpaired) electrons.